The van der Waals surface area contributed by atoms with Gasteiger partial charge in [0, 0.05) is 38.8 Å². The van der Waals surface area contributed by atoms with E-state index < -0.39 is 0 Å². The number of aromatic nitrogens is 1. The van der Waals surface area contributed by atoms with Crippen molar-refractivity contribution in [3.05, 3.63) is 18.5 Å². The number of anilines is 2. The van der Waals surface area contributed by atoms with Crippen LogP contribution in [0.5, 0.6) is 0 Å². The van der Waals surface area contributed by atoms with Crippen molar-refractivity contribution in [3.8, 4) is 0 Å². The van der Waals surface area contributed by atoms with Crippen LogP contribution in [0, 0.1) is 0 Å². The first-order chi connectivity index (χ1) is 10.4. The largest absolute Gasteiger partial charge is 0.384 e. The van der Waals surface area contributed by atoms with E-state index in [0.29, 0.717) is 0 Å². The van der Waals surface area contributed by atoms with E-state index in [-0.39, 0.29) is 0 Å². The van der Waals surface area contributed by atoms with Crippen LogP contribution in [0.25, 0.3) is 0 Å². The van der Waals surface area contributed by atoms with Crippen molar-refractivity contribution in [1.82, 2.24) is 9.88 Å². The van der Waals surface area contributed by atoms with Gasteiger partial charge >= 0.3 is 0 Å². The lowest BCUT2D eigenvalue weighted by atomic mass is 10.1. The highest BCUT2D eigenvalue weighted by atomic mass is 15.3. The second-order valence-electron chi connectivity index (χ2n) is 6.32. The van der Waals surface area contributed by atoms with Gasteiger partial charge in [-0.3, -0.25) is 9.88 Å². The quantitative estimate of drug-likeness (QED) is 0.902. The average Bonchev–Trinajstić information content (AvgIpc) is 3.08. The summed E-state index contributed by atoms with van der Waals surface area (Å²) in [6, 6.07) is 3.11. The predicted octanol–water partition coefficient (Wildman–Crippen LogP) is 2.97. The summed E-state index contributed by atoms with van der Waals surface area (Å²) in [5, 5.41) is 3.43. The molecule has 0 aromatic carbocycles. The van der Waals surface area contributed by atoms with Crippen molar-refractivity contribution in [2.75, 3.05) is 42.9 Å². The average molecular weight is 288 g/mol. The SMILES string of the molecule is CCCNc1cncc(N2CCN(C3CCCC3)CC2)c1. The zero-order chi connectivity index (χ0) is 14.5. The Balaban J connectivity index is 1.56. The first-order valence-electron chi connectivity index (χ1n) is 8.54. The van der Waals surface area contributed by atoms with Gasteiger partial charge in [-0.25, -0.2) is 0 Å². The van der Waals surface area contributed by atoms with Gasteiger partial charge in [0.15, 0.2) is 0 Å². The molecule has 1 aliphatic carbocycles. The fourth-order valence-electron chi connectivity index (χ4n) is 3.58. The number of piperazine rings is 1. The maximum atomic E-state index is 4.39. The summed E-state index contributed by atoms with van der Waals surface area (Å²) in [5.41, 5.74) is 2.41. The Morgan fingerprint density at radius 2 is 1.90 bits per heavy atom. The first-order valence-corrected chi connectivity index (χ1v) is 8.54. The molecule has 1 aromatic rings. The van der Waals surface area contributed by atoms with E-state index in [1.165, 1.54) is 44.5 Å². The summed E-state index contributed by atoms with van der Waals surface area (Å²) in [4.78, 5) is 9.58. The van der Waals surface area contributed by atoms with Crippen LogP contribution in [-0.4, -0.2) is 48.6 Å². The molecule has 0 bridgehead atoms. The molecule has 1 aromatic heterocycles. The Morgan fingerprint density at radius 1 is 1.14 bits per heavy atom. The molecule has 1 N–H and O–H groups in total. The van der Waals surface area contributed by atoms with Gasteiger partial charge in [0.2, 0.25) is 0 Å². The fourth-order valence-corrected chi connectivity index (χ4v) is 3.58. The second kappa shape index (κ2) is 7.12. The lowest BCUT2D eigenvalue weighted by Gasteiger charge is -2.39. The number of hydrogen-bond donors (Lipinski definition) is 1. The van der Waals surface area contributed by atoms with Gasteiger partial charge in [-0.15, -0.1) is 0 Å². The lowest BCUT2D eigenvalue weighted by molar-refractivity contribution is 0.187. The summed E-state index contributed by atoms with van der Waals surface area (Å²) in [7, 11) is 0. The number of pyridine rings is 1. The Labute approximate surface area is 128 Å². The number of nitrogens with one attached hydrogen (secondary N) is 1. The van der Waals surface area contributed by atoms with Gasteiger partial charge in [0.1, 0.15) is 0 Å². The number of hydrogen-bond acceptors (Lipinski definition) is 4. The summed E-state index contributed by atoms with van der Waals surface area (Å²) in [6.07, 6.45) is 10.8. The topological polar surface area (TPSA) is 31.4 Å². The highest BCUT2D eigenvalue weighted by Gasteiger charge is 2.26. The minimum Gasteiger partial charge on any atom is -0.384 e. The van der Waals surface area contributed by atoms with Crippen molar-refractivity contribution in [2.45, 2.75) is 45.1 Å². The van der Waals surface area contributed by atoms with Gasteiger partial charge in [-0.2, -0.15) is 0 Å². The van der Waals surface area contributed by atoms with E-state index in [1.807, 2.05) is 12.4 Å². The Hall–Kier alpha value is -1.29. The monoisotopic (exact) mass is 288 g/mol. The lowest BCUT2D eigenvalue weighted by Crippen LogP contribution is -2.49. The highest BCUT2D eigenvalue weighted by Crippen LogP contribution is 2.26. The van der Waals surface area contributed by atoms with Gasteiger partial charge in [0.25, 0.3) is 0 Å². The van der Waals surface area contributed by atoms with Crippen LogP contribution in [-0.2, 0) is 0 Å². The molecule has 1 saturated heterocycles. The molecule has 1 saturated carbocycles. The van der Waals surface area contributed by atoms with Gasteiger partial charge < -0.3 is 10.2 Å². The summed E-state index contributed by atoms with van der Waals surface area (Å²) >= 11 is 0. The van der Waals surface area contributed by atoms with Crippen LogP contribution < -0.4 is 10.2 Å². The van der Waals surface area contributed by atoms with Gasteiger partial charge in [-0.1, -0.05) is 19.8 Å². The minimum atomic E-state index is 0.864. The maximum absolute atomic E-state index is 4.39. The number of nitrogens with zero attached hydrogens (tertiary/aromatic N) is 3. The number of rotatable bonds is 5. The molecule has 0 unspecified atom stereocenters. The molecule has 4 nitrogen and oxygen atoms in total. The zero-order valence-electron chi connectivity index (χ0n) is 13.2. The van der Waals surface area contributed by atoms with E-state index in [1.54, 1.807) is 0 Å². The highest BCUT2D eigenvalue weighted by molar-refractivity contribution is 5.55. The smallest absolute Gasteiger partial charge is 0.0574 e. The van der Waals surface area contributed by atoms with E-state index in [4.69, 9.17) is 0 Å². The van der Waals surface area contributed by atoms with Crippen LogP contribution in [0.4, 0.5) is 11.4 Å². The molecule has 0 spiro atoms. The van der Waals surface area contributed by atoms with Crippen LogP contribution in [0.1, 0.15) is 39.0 Å². The molecular weight excluding hydrogens is 260 g/mol. The van der Waals surface area contributed by atoms with Crippen molar-refractivity contribution in [2.24, 2.45) is 0 Å². The van der Waals surface area contributed by atoms with Crippen LogP contribution in [0.15, 0.2) is 18.5 Å². The fraction of sp³-hybridized carbons (Fsp3) is 0.706. The standard InChI is InChI=1S/C17H28N4/c1-2-7-19-15-12-17(14-18-13-15)21-10-8-20(9-11-21)16-5-3-4-6-16/h12-14,16,19H,2-11H2,1H3. The van der Waals surface area contributed by atoms with Crippen molar-refractivity contribution < 1.29 is 0 Å². The normalized spacial score (nSPS) is 20.9. The van der Waals surface area contributed by atoms with Crippen LogP contribution in [0.3, 0.4) is 0 Å². The third kappa shape index (κ3) is 3.67. The maximum Gasteiger partial charge on any atom is 0.0574 e. The summed E-state index contributed by atoms with van der Waals surface area (Å²) in [5.74, 6) is 0. The van der Waals surface area contributed by atoms with E-state index in [0.717, 1.165) is 37.8 Å². The molecule has 4 heteroatoms. The minimum absolute atomic E-state index is 0.864. The second-order valence-corrected chi connectivity index (χ2v) is 6.32. The molecule has 2 heterocycles. The van der Waals surface area contributed by atoms with E-state index in [9.17, 15) is 0 Å². The zero-order valence-corrected chi connectivity index (χ0v) is 13.2. The molecule has 2 aliphatic rings. The van der Waals surface area contributed by atoms with Crippen molar-refractivity contribution in [1.29, 1.82) is 0 Å². The molecule has 3 rings (SSSR count). The molecule has 0 radical (unpaired) electrons. The molecule has 116 valence electrons. The first kappa shape index (κ1) is 14.6. The van der Waals surface area contributed by atoms with Crippen LogP contribution >= 0.6 is 0 Å². The van der Waals surface area contributed by atoms with Gasteiger partial charge in [-0.05, 0) is 25.3 Å². The molecule has 0 amide bonds. The summed E-state index contributed by atoms with van der Waals surface area (Å²) in [6.45, 7) is 7.88. The van der Waals surface area contributed by atoms with Gasteiger partial charge in [0.05, 0.1) is 23.8 Å². The molecule has 0 atom stereocenters. The van der Waals surface area contributed by atoms with E-state index in [2.05, 4.69) is 33.1 Å². The summed E-state index contributed by atoms with van der Waals surface area (Å²) < 4.78 is 0. The van der Waals surface area contributed by atoms with Crippen LogP contribution in [0.2, 0.25) is 0 Å². The van der Waals surface area contributed by atoms with Crippen molar-refractivity contribution >= 4 is 11.4 Å². The molecular formula is C17H28N4. The Morgan fingerprint density at radius 3 is 2.62 bits per heavy atom. The Bertz CT molecular complexity index is 434. The molecule has 21 heavy (non-hydrogen) atoms. The Kier molecular flexibility index (Phi) is 4.96. The third-order valence-electron chi connectivity index (χ3n) is 4.82. The predicted molar refractivity (Wildman–Crippen MR) is 89.1 cm³/mol. The van der Waals surface area contributed by atoms with Crippen molar-refractivity contribution in [3.63, 3.8) is 0 Å². The molecule has 2 fully saturated rings. The van der Waals surface area contributed by atoms with E-state index >= 15 is 0 Å². The molecule has 1 aliphatic heterocycles. The third-order valence-corrected chi connectivity index (χ3v) is 4.82.